The van der Waals surface area contributed by atoms with E-state index in [4.69, 9.17) is 4.98 Å². The van der Waals surface area contributed by atoms with Gasteiger partial charge in [0, 0.05) is 30.4 Å². The van der Waals surface area contributed by atoms with Crippen molar-refractivity contribution in [1.29, 1.82) is 0 Å². The van der Waals surface area contributed by atoms with Crippen LogP contribution in [-0.4, -0.2) is 28.1 Å². The number of aliphatic hydroxyl groups is 1. The van der Waals surface area contributed by atoms with Crippen molar-refractivity contribution in [3.63, 3.8) is 0 Å². The Hall–Kier alpha value is -1.23. The second-order valence-electron chi connectivity index (χ2n) is 6.28. The Bertz CT molecular complexity index is 623. The first kappa shape index (κ1) is 15.7. The molecule has 3 nitrogen and oxygen atoms in total. The van der Waals surface area contributed by atoms with Crippen LogP contribution in [0.25, 0.3) is 0 Å². The van der Waals surface area contributed by atoms with Gasteiger partial charge in [-0.25, -0.2) is 4.98 Å². The van der Waals surface area contributed by atoms with Crippen molar-refractivity contribution in [1.82, 2.24) is 9.88 Å². The fourth-order valence-corrected chi connectivity index (χ4v) is 4.08. The first-order chi connectivity index (χ1) is 10.7. The molecule has 0 spiro atoms. The number of aliphatic hydroxyl groups excluding tert-OH is 1. The third-order valence-corrected chi connectivity index (χ3v) is 5.55. The summed E-state index contributed by atoms with van der Waals surface area (Å²) in [5, 5.41) is 12.8. The minimum absolute atomic E-state index is 0.194. The molecule has 1 heterocycles. The minimum Gasteiger partial charge on any atom is -0.395 e. The zero-order chi connectivity index (χ0) is 15.5. The van der Waals surface area contributed by atoms with Crippen molar-refractivity contribution >= 4 is 11.3 Å². The molecule has 0 radical (unpaired) electrons. The summed E-state index contributed by atoms with van der Waals surface area (Å²) in [6.07, 6.45) is 2.28. The van der Waals surface area contributed by atoms with Crippen molar-refractivity contribution < 1.29 is 5.11 Å². The minimum atomic E-state index is 0.194. The molecule has 1 aromatic carbocycles. The Morgan fingerprint density at radius 1 is 1.36 bits per heavy atom. The average molecular weight is 316 g/mol. The maximum atomic E-state index is 9.46. The highest BCUT2D eigenvalue weighted by atomic mass is 32.1. The Morgan fingerprint density at radius 2 is 2.18 bits per heavy atom. The van der Waals surface area contributed by atoms with E-state index in [9.17, 15) is 5.11 Å². The molecule has 0 saturated heterocycles. The van der Waals surface area contributed by atoms with Gasteiger partial charge in [-0.15, -0.1) is 11.3 Å². The van der Waals surface area contributed by atoms with Gasteiger partial charge in [0.05, 0.1) is 17.3 Å². The maximum Gasteiger partial charge on any atom is 0.0954 e. The lowest BCUT2D eigenvalue weighted by molar-refractivity contribution is 0.141. The first-order valence-electron chi connectivity index (χ1n) is 8.06. The number of aryl methyl sites for hydroxylation is 1. The second kappa shape index (κ2) is 6.90. The van der Waals surface area contributed by atoms with Crippen LogP contribution in [0.15, 0.2) is 29.6 Å². The molecule has 0 saturated carbocycles. The van der Waals surface area contributed by atoms with Crippen molar-refractivity contribution in [2.75, 3.05) is 13.2 Å². The predicted molar refractivity (Wildman–Crippen MR) is 91.2 cm³/mol. The number of rotatable bonds is 6. The van der Waals surface area contributed by atoms with E-state index >= 15 is 0 Å². The zero-order valence-corrected chi connectivity index (χ0v) is 14.1. The molecule has 1 aliphatic carbocycles. The van der Waals surface area contributed by atoms with Crippen LogP contribution in [0.4, 0.5) is 0 Å². The molecule has 2 aromatic rings. The van der Waals surface area contributed by atoms with Crippen molar-refractivity contribution in [3.05, 3.63) is 51.5 Å². The summed E-state index contributed by atoms with van der Waals surface area (Å²) in [4.78, 5) is 7.13. The smallest absolute Gasteiger partial charge is 0.0954 e. The van der Waals surface area contributed by atoms with E-state index in [1.165, 1.54) is 16.1 Å². The van der Waals surface area contributed by atoms with Gasteiger partial charge in [0.2, 0.25) is 0 Å². The predicted octanol–water partition coefficient (Wildman–Crippen LogP) is 3.75. The van der Waals surface area contributed by atoms with E-state index in [1.54, 1.807) is 11.3 Å². The van der Waals surface area contributed by atoms with Gasteiger partial charge in [0.1, 0.15) is 0 Å². The molecule has 1 aromatic heterocycles. The van der Waals surface area contributed by atoms with Crippen LogP contribution in [0.5, 0.6) is 0 Å². The molecule has 0 bridgehead atoms. The molecule has 0 fully saturated rings. The van der Waals surface area contributed by atoms with Gasteiger partial charge >= 0.3 is 0 Å². The van der Waals surface area contributed by atoms with Gasteiger partial charge in [-0.2, -0.15) is 0 Å². The topological polar surface area (TPSA) is 36.4 Å². The molecule has 0 amide bonds. The lowest BCUT2D eigenvalue weighted by atomic mass is 10.1. The Kier molecular flexibility index (Phi) is 4.91. The third kappa shape index (κ3) is 3.24. The van der Waals surface area contributed by atoms with Gasteiger partial charge in [-0.1, -0.05) is 38.1 Å². The van der Waals surface area contributed by atoms with Crippen LogP contribution in [0, 0.1) is 0 Å². The Labute approximate surface area is 136 Å². The average Bonchev–Trinajstić information content (AvgIpc) is 3.13. The molecule has 22 heavy (non-hydrogen) atoms. The molecule has 1 N–H and O–H groups in total. The summed E-state index contributed by atoms with van der Waals surface area (Å²) in [7, 11) is 0. The highest BCUT2D eigenvalue weighted by molar-refractivity contribution is 7.09. The van der Waals surface area contributed by atoms with Gasteiger partial charge in [0.15, 0.2) is 0 Å². The fraction of sp³-hybridized carbons (Fsp3) is 0.500. The number of hydrogen-bond acceptors (Lipinski definition) is 4. The third-order valence-electron chi connectivity index (χ3n) is 4.36. The number of nitrogens with zero attached hydrogens (tertiary/aromatic N) is 2. The fourth-order valence-electron chi connectivity index (χ4n) is 3.26. The summed E-state index contributed by atoms with van der Waals surface area (Å²) in [5.41, 5.74) is 4.01. The van der Waals surface area contributed by atoms with Gasteiger partial charge in [-0.3, -0.25) is 4.90 Å². The highest BCUT2D eigenvalue weighted by Gasteiger charge is 2.27. The van der Waals surface area contributed by atoms with Crippen LogP contribution in [0.1, 0.15) is 54.1 Å². The molecule has 4 heteroatoms. The van der Waals surface area contributed by atoms with Crippen LogP contribution >= 0.6 is 11.3 Å². The number of aromatic nitrogens is 1. The van der Waals surface area contributed by atoms with Gasteiger partial charge < -0.3 is 5.11 Å². The molecule has 3 rings (SSSR count). The molecule has 118 valence electrons. The zero-order valence-electron chi connectivity index (χ0n) is 13.3. The first-order valence-corrected chi connectivity index (χ1v) is 8.94. The van der Waals surface area contributed by atoms with Crippen LogP contribution < -0.4 is 0 Å². The Morgan fingerprint density at radius 3 is 2.91 bits per heavy atom. The number of benzene rings is 1. The van der Waals surface area contributed by atoms with Crippen LogP contribution in [0.3, 0.4) is 0 Å². The standard InChI is InChI=1S/C18H24N2OS/c1-13(2)18-19-15(12-22-18)11-20(9-10-21)17-8-7-14-5-3-4-6-16(14)17/h3-6,12-13,17,21H,7-11H2,1-2H3. The monoisotopic (exact) mass is 316 g/mol. The SMILES string of the molecule is CC(C)c1nc(CN(CCO)C2CCc3ccccc32)cs1. The van der Waals surface area contributed by atoms with Gasteiger partial charge in [-0.05, 0) is 24.0 Å². The molecule has 1 unspecified atom stereocenters. The summed E-state index contributed by atoms with van der Waals surface area (Å²) in [5.74, 6) is 0.484. The molecule has 1 aliphatic rings. The largest absolute Gasteiger partial charge is 0.395 e. The van der Waals surface area contributed by atoms with E-state index in [2.05, 4.69) is 48.4 Å². The van der Waals surface area contributed by atoms with E-state index in [-0.39, 0.29) is 6.61 Å². The molecule has 0 aliphatic heterocycles. The van der Waals surface area contributed by atoms with Crippen molar-refractivity contribution in [2.24, 2.45) is 0 Å². The Balaban J connectivity index is 1.78. The van der Waals surface area contributed by atoms with E-state index in [1.807, 2.05) is 0 Å². The summed E-state index contributed by atoms with van der Waals surface area (Å²) < 4.78 is 0. The van der Waals surface area contributed by atoms with Crippen molar-refractivity contribution in [3.8, 4) is 0 Å². The summed E-state index contributed by atoms with van der Waals surface area (Å²) >= 11 is 1.75. The summed E-state index contributed by atoms with van der Waals surface area (Å²) in [6, 6.07) is 9.11. The molecular formula is C18H24N2OS. The normalized spacial score (nSPS) is 17.4. The van der Waals surface area contributed by atoms with E-state index in [0.29, 0.717) is 18.5 Å². The molecule has 1 atom stereocenters. The van der Waals surface area contributed by atoms with Crippen molar-refractivity contribution in [2.45, 2.75) is 45.2 Å². The van der Waals surface area contributed by atoms with E-state index in [0.717, 1.165) is 25.1 Å². The highest BCUT2D eigenvalue weighted by Crippen LogP contribution is 2.36. The lowest BCUT2D eigenvalue weighted by Gasteiger charge is -2.28. The van der Waals surface area contributed by atoms with Crippen LogP contribution in [-0.2, 0) is 13.0 Å². The van der Waals surface area contributed by atoms with E-state index < -0.39 is 0 Å². The number of hydrogen-bond donors (Lipinski definition) is 1. The maximum absolute atomic E-state index is 9.46. The van der Waals surface area contributed by atoms with Gasteiger partial charge in [0.25, 0.3) is 0 Å². The number of thiazole rings is 1. The lowest BCUT2D eigenvalue weighted by Crippen LogP contribution is -2.30. The quantitative estimate of drug-likeness (QED) is 0.882. The molecular weight excluding hydrogens is 292 g/mol. The number of fused-ring (bicyclic) bond motifs is 1. The summed E-state index contributed by atoms with van der Waals surface area (Å²) in [6.45, 7) is 6.08. The second-order valence-corrected chi connectivity index (χ2v) is 7.17. The van der Waals surface area contributed by atoms with Crippen LogP contribution in [0.2, 0.25) is 0 Å².